The van der Waals surface area contributed by atoms with Crippen LogP contribution in [0.4, 0.5) is 8.78 Å². The van der Waals surface area contributed by atoms with Crippen LogP contribution >= 0.6 is 0 Å². The molecule has 1 aromatic rings. The van der Waals surface area contributed by atoms with Gasteiger partial charge in [-0.1, -0.05) is 0 Å². The SMILES string of the molecule is O=C(NCCc1cc(F)ccc1F)C1CCCNC1. The van der Waals surface area contributed by atoms with Gasteiger partial charge in [0.05, 0.1) is 5.92 Å². The van der Waals surface area contributed by atoms with Crippen LogP contribution in [0.2, 0.25) is 0 Å². The van der Waals surface area contributed by atoms with Gasteiger partial charge in [-0.3, -0.25) is 4.79 Å². The van der Waals surface area contributed by atoms with Crippen LogP contribution in [0.5, 0.6) is 0 Å². The number of amides is 1. The Balaban J connectivity index is 1.79. The maximum atomic E-state index is 13.4. The topological polar surface area (TPSA) is 41.1 Å². The molecule has 2 N–H and O–H groups in total. The Kier molecular flexibility index (Phi) is 4.85. The summed E-state index contributed by atoms with van der Waals surface area (Å²) in [5, 5.41) is 5.95. The Morgan fingerprint density at radius 1 is 1.42 bits per heavy atom. The molecular weight excluding hydrogens is 250 g/mol. The Labute approximate surface area is 111 Å². The van der Waals surface area contributed by atoms with E-state index in [0.29, 0.717) is 25.1 Å². The lowest BCUT2D eigenvalue weighted by Gasteiger charge is -2.21. The Morgan fingerprint density at radius 2 is 2.26 bits per heavy atom. The molecule has 1 fully saturated rings. The summed E-state index contributed by atoms with van der Waals surface area (Å²) in [5.74, 6) is -0.913. The molecule has 2 rings (SSSR count). The highest BCUT2D eigenvalue weighted by molar-refractivity contribution is 5.78. The van der Waals surface area contributed by atoms with Crippen molar-refractivity contribution in [2.75, 3.05) is 19.6 Å². The van der Waals surface area contributed by atoms with E-state index in [9.17, 15) is 13.6 Å². The zero-order valence-corrected chi connectivity index (χ0v) is 10.7. The lowest BCUT2D eigenvalue weighted by molar-refractivity contribution is -0.125. The third kappa shape index (κ3) is 3.99. The second-order valence-corrected chi connectivity index (χ2v) is 4.82. The van der Waals surface area contributed by atoms with Gasteiger partial charge < -0.3 is 10.6 Å². The molecule has 5 heteroatoms. The molecular formula is C14H18F2N2O. The number of nitrogens with one attached hydrogen (secondary N) is 2. The standard InChI is InChI=1S/C14H18F2N2O/c15-12-3-4-13(16)10(8-12)5-7-18-14(19)11-2-1-6-17-9-11/h3-4,8,11,17H,1-2,5-7,9H2,(H,18,19). The molecule has 1 unspecified atom stereocenters. The smallest absolute Gasteiger partial charge is 0.224 e. The monoisotopic (exact) mass is 268 g/mol. The van der Waals surface area contributed by atoms with Crippen LogP contribution in [0, 0.1) is 17.6 Å². The molecule has 1 saturated heterocycles. The largest absolute Gasteiger partial charge is 0.355 e. The van der Waals surface area contributed by atoms with Crippen molar-refractivity contribution in [1.82, 2.24) is 10.6 Å². The highest BCUT2D eigenvalue weighted by Crippen LogP contribution is 2.11. The fourth-order valence-corrected chi connectivity index (χ4v) is 2.28. The third-order valence-corrected chi connectivity index (χ3v) is 3.37. The highest BCUT2D eigenvalue weighted by Gasteiger charge is 2.20. The Morgan fingerprint density at radius 3 is 3.00 bits per heavy atom. The van der Waals surface area contributed by atoms with E-state index in [4.69, 9.17) is 0 Å². The van der Waals surface area contributed by atoms with Crippen molar-refractivity contribution in [2.45, 2.75) is 19.3 Å². The van der Waals surface area contributed by atoms with Gasteiger partial charge in [0.15, 0.2) is 0 Å². The molecule has 1 atom stereocenters. The molecule has 1 aliphatic rings. The summed E-state index contributed by atoms with van der Waals surface area (Å²) >= 11 is 0. The highest BCUT2D eigenvalue weighted by atomic mass is 19.1. The number of carbonyl (C=O) groups excluding carboxylic acids is 1. The van der Waals surface area contributed by atoms with Gasteiger partial charge in [0.1, 0.15) is 11.6 Å². The molecule has 0 saturated carbocycles. The summed E-state index contributed by atoms with van der Waals surface area (Å²) in [4.78, 5) is 11.8. The van der Waals surface area contributed by atoms with E-state index in [-0.39, 0.29) is 11.8 Å². The molecule has 3 nitrogen and oxygen atoms in total. The fourth-order valence-electron chi connectivity index (χ4n) is 2.28. The molecule has 1 heterocycles. The molecule has 104 valence electrons. The van der Waals surface area contributed by atoms with E-state index in [0.717, 1.165) is 31.5 Å². The minimum atomic E-state index is -0.459. The van der Waals surface area contributed by atoms with Gasteiger partial charge in [-0.15, -0.1) is 0 Å². The Bertz CT molecular complexity index is 445. The van der Waals surface area contributed by atoms with Gasteiger partial charge in [-0.05, 0) is 49.6 Å². The molecule has 1 aliphatic heterocycles. The van der Waals surface area contributed by atoms with Gasteiger partial charge in [0.25, 0.3) is 0 Å². The molecule has 0 bridgehead atoms. The van der Waals surface area contributed by atoms with Crippen LogP contribution in [0.3, 0.4) is 0 Å². The lowest BCUT2D eigenvalue weighted by atomic mass is 9.99. The molecule has 19 heavy (non-hydrogen) atoms. The first-order valence-electron chi connectivity index (χ1n) is 6.59. The zero-order valence-electron chi connectivity index (χ0n) is 10.7. The second kappa shape index (κ2) is 6.61. The fraction of sp³-hybridized carbons (Fsp3) is 0.500. The second-order valence-electron chi connectivity index (χ2n) is 4.82. The maximum Gasteiger partial charge on any atom is 0.224 e. The molecule has 0 spiro atoms. The normalized spacial score (nSPS) is 19.2. The lowest BCUT2D eigenvalue weighted by Crippen LogP contribution is -2.41. The summed E-state index contributed by atoms with van der Waals surface area (Å²) in [5.41, 5.74) is 0.294. The van der Waals surface area contributed by atoms with Crippen molar-refractivity contribution in [2.24, 2.45) is 5.92 Å². The third-order valence-electron chi connectivity index (χ3n) is 3.37. The first-order chi connectivity index (χ1) is 9.16. The van der Waals surface area contributed by atoms with Crippen LogP contribution < -0.4 is 10.6 Å². The van der Waals surface area contributed by atoms with E-state index in [1.54, 1.807) is 0 Å². The molecule has 1 aromatic carbocycles. The summed E-state index contributed by atoms with van der Waals surface area (Å²) in [6, 6.07) is 3.37. The van der Waals surface area contributed by atoms with Crippen molar-refractivity contribution >= 4 is 5.91 Å². The summed E-state index contributed by atoms with van der Waals surface area (Å²) in [6.45, 7) is 1.98. The van der Waals surface area contributed by atoms with Gasteiger partial charge in [-0.2, -0.15) is 0 Å². The van der Waals surface area contributed by atoms with Crippen molar-refractivity contribution in [3.8, 4) is 0 Å². The van der Waals surface area contributed by atoms with E-state index in [2.05, 4.69) is 10.6 Å². The van der Waals surface area contributed by atoms with E-state index in [1.807, 2.05) is 0 Å². The first-order valence-corrected chi connectivity index (χ1v) is 6.59. The van der Waals surface area contributed by atoms with Crippen LogP contribution in [-0.2, 0) is 11.2 Å². The van der Waals surface area contributed by atoms with Crippen LogP contribution in [0.15, 0.2) is 18.2 Å². The summed E-state index contributed by atoms with van der Waals surface area (Å²) < 4.78 is 26.3. The number of piperidine rings is 1. The minimum absolute atomic E-state index is 0.00823. The predicted molar refractivity (Wildman–Crippen MR) is 68.7 cm³/mol. The molecule has 0 aromatic heterocycles. The quantitative estimate of drug-likeness (QED) is 0.871. The Hall–Kier alpha value is -1.49. The predicted octanol–water partition coefficient (Wildman–Crippen LogP) is 1.62. The minimum Gasteiger partial charge on any atom is -0.355 e. The van der Waals surface area contributed by atoms with E-state index < -0.39 is 11.6 Å². The zero-order chi connectivity index (χ0) is 13.7. The van der Waals surface area contributed by atoms with Gasteiger partial charge in [0.2, 0.25) is 5.91 Å². The number of halogens is 2. The van der Waals surface area contributed by atoms with E-state index >= 15 is 0 Å². The number of carbonyl (C=O) groups is 1. The maximum absolute atomic E-state index is 13.4. The van der Waals surface area contributed by atoms with Gasteiger partial charge in [-0.25, -0.2) is 8.78 Å². The molecule has 0 radical (unpaired) electrons. The van der Waals surface area contributed by atoms with Crippen molar-refractivity contribution in [3.63, 3.8) is 0 Å². The van der Waals surface area contributed by atoms with Gasteiger partial charge in [0, 0.05) is 13.1 Å². The van der Waals surface area contributed by atoms with Crippen molar-refractivity contribution < 1.29 is 13.6 Å². The van der Waals surface area contributed by atoms with E-state index in [1.165, 1.54) is 6.07 Å². The number of hydrogen-bond donors (Lipinski definition) is 2. The summed E-state index contributed by atoms with van der Waals surface area (Å²) in [7, 11) is 0. The number of hydrogen-bond acceptors (Lipinski definition) is 2. The average molecular weight is 268 g/mol. The summed E-state index contributed by atoms with van der Waals surface area (Å²) in [6.07, 6.45) is 2.18. The van der Waals surface area contributed by atoms with Crippen LogP contribution in [0.25, 0.3) is 0 Å². The molecule has 1 amide bonds. The average Bonchev–Trinajstić information content (AvgIpc) is 2.43. The van der Waals surface area contributed by atoms with Crippen molar-refractivity contribution in [1.29, 1.82) is 0 Å². The number of rotatable bonds is 4. The molecule has 0 aliphatic carbocycles. The first kappa shape index (κ1) is 13.9. The van der Waals surface area contributed by atoms with Gasteiger partial charge >= 0.3 is 0 Å². The van der Waals surface area contributed by atoms with Crippen molar-refractivity contribution in [3.05, 3.63) is 35.4 Å². The van der Waals surface area contributed by atoms with Crippen LogP contribution in [-0.4, -0.2) is 25.5 Å². The number of benzene rings is 1. The van der Waals surface area contributed by atoms with Crippen LogP contribution in [0.1, 0.15) is 18.4 Å².